The number of pyridine rings is 1. The minimum Gasteiger partial charge on any atom is -0.352 e. The van der Waals surface area contributed by atoms with Gasteiger partial charge in [-0.2, -0.15) is 0 Å². The second-order valence-corrected chi connectivity index (χ2v) is 8.26. The molecule has 1 aliphatic rings. The summed E-state index contributed by atoms with van der Waals surface area (Å²) in [5, 5.41) is 5.03. The molecule has 1 saturated heterocycles. The fourth-order valence-electron chi connectivity index (χ4n) is 4.50. The van der Waals surface area contributed by atoms with Crippen molar-refractivity contribution in [2.24, 2.45) is 0 Å². The summed E-state index contributed by atoms with van der Waals surface area (Å²) in [7, 11) is 0. The first kappa shape index (κ1) is 19.9. The molecule has 2 atom stereocenters. The molecule has 3 aromatic rings. The van der Waals surface area contributed by atoms with Crippen molar-refractivity contribution in [2.45, 2.75) is 39.8 Å². The molecule has 1 aromatic carbocycles. The molecule has 0 saturated carbocycles. The van der Waals surface area contributed by atoms with Gasteiger partial charge in [0.1, 0.15) is 0 Å². The van der Waals surface area contributed by atoms with E-state index >= 15 is 0 Å². The summed E-state index contributed by atoms with van der Waals surface area (Å²) in [4.78, 5) is 6.89. The number of nitrogens with zero attached hydrogens (tertiary/aromatic N) is 3. The summed E-state index contributed by atoms with van der Waals surface area (Å²) in [5.74, 6) is 0. The van der Waals surface area contributed by atoms with Gasteiger partial charge in [0, 0.05) is 40.4 Å². The first-order valence-electron chi connectivity index (χ1n) is 9.86. The SMILES string of the molecule is CCN1C(=S)N[C@@H](c2ccccn2)[C@@H]1c1c(C)c(C)n(-c2cccc(Cl)c2)c1C. The van der Waals surface area contributed by atoms with E-state index in [4.69, 9.17) is 23.8 Å². The molecule has 4 rings (SSSR count). The lowest BCUT2D eigenvalue weighted by atomic mass is 9.93. The van der Waals surface area contributed by atoms with Gasteiger partial charge in [-0.15, -0.1) is 0 Å². The van der Waals surface area contributed by atoms with Crippen LogP contribution in [0.3, 0.4) is 0 Å². The number of rotatable bonds is 4. The lowest BCUT2D eigenvalue weighted by Gasteiger charge is -2.27. The molecule has 0 spiro atoms. The fraction of sp³-hybridized carbons (Fsp3) is 0.304. The average molecular weight is 425 g/mol. The second kappa shape index (κ2) is 7.81. The smallest absolute Gasteiger partial charge is 0.170 e. The zero-order valence-electron chi connectivity index (χ0n) is 17.1. The Bertz CT molecular complexity index is 1060. The normalized spacial score (nSPS) is 18.9. The summed E-state index contributed by atoms with van der Waals surface area (Å²) in [6, 6.07) is 14.1. The van der Waals surface area contributed by atoms with E-state index in [-0.39, 0.29) is 12.1 Å². The van der Waals surface area contributed by atoms with E-state index < -0.39 is 0 Å². The van der Waals surface area contributed by atoms with Crippen molar-refractivity contribution in [3.05, 3.63) is 81.9 Å². The molecule has 150 valence electrons. The number of halogens is 1. The van der Waals surface area contributed by atoms with E-state index in [1.165, 1.54) is 22.5 Å². The van der Waals surface area contributed by atoms with Crippen molar-refractivity contribution < 1.29 is 0 Å². The standard InChI is InChI=1S/C23H25ClN4S/c1-5-27-22(21(26-23(27)29)19-11-6-7-12-25-19)20-14(2)15(3)28(16(20)4)18-10-8-9-17(24)13-18/h6-13,21-22H,5H2,1-4H3,(H,26,29)/t21-,22-/m0/s1. The third-order valence-corrected chi connectivity index (χ3v) is 6.50. The Balaban J connectivity index is 1.90. The predicted octanol–water partition coefficient (Wildman–Crippen LogP) is 5.44. The summed E-state index contributed by atoms with van der Waals surface area (Å²) in [5.41, 5.74) is 7.08. The molecule has 1 N–H and O–H groups in total. The van der Waals surface area contributed by atoms with Gasteiger partial charge in [0.2, 0.25) is 0 Å². The minimum absolute atomic E-state index is 0.00987. The lowest BCUT2D eigenvalue weighted by molar-refractivity contribution is 0.328. The van der Waals surface area contributed by atoms with E-state index in [1.807, 2.05) is 36.5 Å². The molecule has 6 heteroatoms. The molecule has 4 nitrogen and oxygen atoms in total. The Morgan fingerprint density at radius 3 is 2.55 bits per heavy atom. The maximum atomic E-state index is 6.28. The number of benzene rings is 1. The molecule has 0 bridgehead atoms. The van der Waals surface area contributed by atoms with Crippen LogP contribution in [0, 0.1) is 20.8 Å². The summed E-state index contributed by atoms with van der Waals surface area (Å²) in [6.07, 6.45) is 1.84. The Morgan fingerprint density at radius 1 is 1.10 bits per heavy atom. The van der Waals surface area contributed by atoms with Crippen molar-refractivity contribution in [1.82, 2.24) is 19.8 Å². The van der Waals surface area contributed by atoms with Gasteiger partial charge in [0.05, 0.1) is 17.8 Å². The third-order valence-electron chi connectivity index (χ3n) is 5.91. The van der Waals surface area contributed by atoms with E-state index in [1.54, 1.807) is 0 Å². The minimum atomic E-state index is 0.00987. The molecule has 0 unspecified atom stereocenters. The van der Waals surface area contributed by atoms with Gasteiger partial charge >= 0.3 is 0 Å². The van der Waals surface area contributed by atoms with Crippen molar-refractivity contribution in [1.29, 1.82) is 0 Å². The third kappa shape index (κ3) is 3.32. The lowest BCUT2D eigenvalue weighted by Crippen LogP contribution is -2.29. The summed E-state index contributed by atoms with van der Waals surface area (Å²) >= 11 is 12.0. The largest absolute Gasteiger partial charge is 0.352 e. The number of nitrogens with one attached hydrogen (secondary N) is 1. The Labute approximate surface area is 182 Å². The van der Waals surface area contributed by atoms with Gasteiger partial charge in [-0.25, -0.2) is 0 Å². The highest BCUT2D eigenvalue weighted by atomic mass is 35.5. The first-order chi connectivity index (χ1) is 13.9. The fourth-order valence-corrected chi connectivity index (χ4v) is 5.06. The molecule has 0 radical (unpaired) electrons. The zero-order valence-corrected chi connectivity index (χ0v) is 18.7. The Hall–Kier alpha value is -2.37. The molecular weight excluding hydrogens is 400 g/mol. The van der Waals surface area contributed by atoms with Crippen LogP contribution in [0.5, 0.6) is 0 Å². The van der Waals surface area contributed by atoms with Gasteiger partial charge in [-0.3, -0.25) is 4.98 Å². The summed E-state index contributed by atoms with van der Waals surface area (Å²) < 4.78 is 2.29. The molecule has 29 heavy (non-hydrogen) atoms. The van der Waals surface area contributed by atoms with E-state index in [0.29, 0.717) is 0 Å². The second-order valence-electron chi connectivity index (χ2n) is 7.44. The highest BCUT2D eigenvalue weighted by Gasteiger charge is 2.41. The highest BCUT2D eigenvalue weighted by Crippen LogP contribution is 2.43. The van der Waals surface area contributed by atoms with Crippen LogP contribution in [0.15, 0.2) is 48.7 Å². The van der Waals surface area contributed by atoms with Crippen LogP contribution in [-0.4, -0.2) is 26.1 Å². The topological polar surface area (TPSA) is 33.1 Å². The molecule has 1 aliphatic heterocycles. The zero-order chi connectivity index (χ0) is 20.7. The number of likely N-dealkylation sites (N-methyl/N-ethyl adjacent to an activating group) is 1. The van der Waals surface area contributed by atoms with Crippen LogP contribution in [0.25, 0.3) is 5.69 Å². The van der Waals surface area contributed by atoms with Gasteiger partial charge in [0.25, 0.3) is 0 Å². The van der Waals surface area contributed by atoms with Gasteiger partial charge in [-0.05, 0) is 75.8 Å². The Morgan fingerprint density at radius 2 is 1.90 bits per heavy atom. The van der Waals surface area contributed by atoms with Gasteiger partial charge < -0.3 is 14.8 Å². The van der Waals surface area contributed by atoms with Crippen LogP contribution in [-0.2, 0) is 0 Å². The predicted molar refractivity (Wildman–Crippen MR) is 123 cm³/mol. The highest BCUT2D eigenvalue weighted by molar-refractivity contribution is 7.80. The van der Waals surface area contributed by atoms with E-state index in [2.05, 4.69) is 59.6 Å². The van der Waals surface area contributed by atoms with Gasteiger partial charge in [-0.1, -0.05) is 23.7 Å². The van der Waals surface area contributed by atoms with Crippen molar-refractivity contribution >= 4 is 28.9 Å². The van der Waals surface area contributed by atoms with Crippen LogP contribution < -0.4 is 5.32 Å². The average Bonchev–Trinajstić information content (AvgIpc) is 3.15. The quantitative estimate of drug-likeness (QED) is 0.565. The first-order valence-corrected chi connectivity index (χ1v) is 10.6. The van der Waals surface area contributed by atoms with Crippen molar-refractivity contribution in [2.75, 3.05) is 6.54 Å². The van der Waals surface area contributed by atoms with E-state index in [9.17, 15) is 0 Å². The number of hydrogen-bond acceptors (Lipinski definition) is 2. The van der Waals surface area contributed by atoms with Crippen molar-refractivity contribution in [3.8, 4) is 5.69 Å². The van der Waals surface area contributed by atoms with Crippen LogP contribution in [0.2, 0.25) is 5.02 Å². The maximum absolute atomic E-state index is 6.28. The van der Waals surface area contributed by atoms with Crippen LogP contribution in [0.4, 0.5) is 0 Å². The van der Waals surface area contributed by atoms with Crippen LogP contribution >= 0.6 is 23.8 Å². The number of hydrogen-bond donors (Lipinski definition) is 1. The molecular formula is C23H25ClN4S. The number of aromatic nitrogens is 2. The van der Waals surface area contributed by atoms with Crippen molar-refractivity contribution in [3.63, 3.8) is 0 Å². The molecule has 0 aliphatic carbocycles. The maximum Gasteiger partial charge on any atom is 0.170 e. The Kier molecular flexibility index (Phi) is 5.36. The molecule has 3 heterocycles. The van der Waals surface area contributed by atoms with E-state index in [0.717, 1.165) is 28.1 Å². The molecule has 2 aromatic heterocycles. The number of thiocarbonyl (C=S) groups is 1. The van der Waals surface area contributed by atoms with Gasteiger partial charge in [0.15, 0.2) is 5.11 Å². The molecule has 1 fully saturated rings. The molecule has 0 amide bonds. The summed E-state index contributed by atoms with van der Waals surface area (Å²) in [6.45, 7) is 9.53. The monoisotopic (exact) mass is 424 g/mol. The van der Waals surface area contributed by atoms with Crippen LogP contribution in [0.1, 0.15) is 47.2 Å².